The van der Waals surface area contributed by atoms with Crippen molar-refractivity contribution in [1.82, 2.24) is 9.97 Å². The Morgan fingerprint density at radius 3 is 2.52 bits per heavy atom. The maximum atomic E-state index is 12.5. The van der Waals surface area contributed by atoms with Gasteiger partial charge in [0.05, 0.1) is 12.8 Å². The van der Waals surface area contributed by atoms with Gasteiger partial charge < -0.3 is 19.9 Å². The first-order valence-electron chi connectivity index (χ1n) is 8.31. The molecule has 1 aromatic heterocycles. The molecule has 3 rings (SSSR count). The summed E-state index contributed by atoms with van der Waals surface area (Å²) in [6, 6.07) is 16.1. The summed E-state index contributed by atoms with van der Waals surface area (Å²) in [5.74, 6) is 0.220. The average molecular weight is 364 g/mol. The third-order valence-corrected chi connectivity index (χ3v) is 4.00. The molecule has 7 heteroatoms. The van der Waals surface area contributed by atoms with E-state index in [2.05, 4.69) is 15.3 Å². The molecule has 0 spiro atoms. The summed E-state index contributed by atoms with van der Waals surface area (Å²) in [5.41, 5.74) is 2.26. The molecule has 2 N–H and O–H groups in total. The van der Waals surface area contributed by atoms with E-state index in [9.17, 15) is 9.59 Å². The van der Waals surface area contributed by atoms with Crippen LogP contribution in [0.1, 0.15) is 10.5 Å². The predicted octanol–water partition coefficient (Wildman–Crippen LogP) is 2.76. The van der Waals surface area contributed by atoms with E-state index in [4.69, 9.17) is 4.74 Å². The first kappa shape index (κ1) is 18.2. The normalized spacial score (nSPS) is 10.3. The van der Waals surface area contributed by atoms with Gasteiger partial charge in [0.25, 0.3) is 5.91 Å². The van der Waals surface area contributed by atoms with E-state index in [0.29, 0.717) is 22.7 Å². The Morgan fingerprint density at radius 1 is 1.11 bits per heavy atom. The predicted molar refractivity (Wildman–Crippen MR) is 106 cm³/mol. The number of carbonyl (C=O) groups is 1. The molecule has 0 bridgehead atoms. The van der Waals surface area contributed by atoms with Crippen LogP contribution >= 0.6 is 0 Å². The highest BCUT2D eigenvalue weighted by Crippen LogP contribution is 2.22. The Kier molecular flexibility index (Phi) is 5.21. The molecule has 0 unspecified atom stereocenters. The van der Waals surface area contributed by atoms with Crippen LogP contribution in [0.2, 0.25) is 0 Å². The molecule has 0 fully saturated rings. The van der Waals surface area contributed by atoms with Gasteiger partial charge in [0, 0.05) is 31.0 Å². The maximum Gasteiger partial charge on any atom is 0.346 e. The minimum absolute atomic E-state index is 0.129. The van der Waals surface area contributed by atoms with Gasteiger partial charge in [0.15, 0.2) is 0 Å². The number of nitrogens with one attached hydrogen (secondary N) is 2. The summed E-state index contributed by atoms with van der Waals surface area (Å²) in [6.45, 7) is 0. The first-order valence-corrected chi connectivity index (χ1v) is 8.31. The minimum atomic E-state index is -0.594. The van der Waals surface area contributed by atoms with E-state index in [1.165, 1.54) is 0 Å². The summed E-state index contributed by atoms with van der Waals surface area (Å²) in [6.07, 6.45) is 0. The fourth-order valence-corrected chi connectivity index (χ4v) is 2.55. The third kappa shape index (κ3) is 4.33. The summed E-state index contributed by atoms with van der Waals surface area (Å²) < 4.78 is 5.19. The Labute approximate surface area is 156 Å². The maximum absolute atomic E-state index is 12.5. The smallest absolute Gasteiger partial charge is 0.346 e. The molecule has 0 aliphatic rings. The number of methoxy groups -OCH3 is 1. The van der Waals surface area contributed by atoms with E-state index in [1.807, 2.05) is 31.1 Å². The van der Waals surface area contributed by atoms with Crippen LogP contribution in [0.15, 0.2) is 59.4 Å². The van der Waals surface area contributed by atoms with Crippen LogP contribution in [0.5, 0.6) is 5.75 Å². The fourth-order valence-electron chi connectivity index (χ4n) is 2.55. The molecule has 0 aliphatic carbocycles. The number of hydrogen-bond acceptors (Lipinski definition) is 5. The highest BCUT2D eigenvalue weighted by Gasteiger charge is 2.12. The molecular formula is C20H20N4O3. The second-order valence-electron chi connectivity index (χ2n) is 6.11. The van der Waals surface area contributed by atoms with Crippen LogP contribution in [-0.2, 0) is 0 Å². The van der Waals surface area contributed by atoms with Crippen LogP contribution in [-0.4, -0.2) is 37.1 Å². The lowest BCUT2D eigenvalue weighted by Crippen LogP contribution is -2.21. The first-order chi connectivity index (χ1) is 13.0. The molecule has 1 amide bonds. The number of amides is 1. The van der Waals surface area contributed by atoms with Crippen LogP contribution < -0.4 is 20.6 Å². The van der Waals surface area contributed by atoms with E-state index in [1.54, 1.807) is 49.6 Å². The molecule has 0 radical (unpaired) electrons. The van der Waals surface area contributed by atoms with E-state index < -0.39 is 11.6 Å². The molecule has 27 heavy (non-hydrogen) atoms. The summed E-state index contributed by atoms with van der Waals surface area (Å²) in [4.78, 5) is 32.9. The van der Waals surface area contributed by atoms with Crippen molar-refractivity contribution in [3.05, 3.63) is 70.8 Å². The van der Waals surface area contributed by atoms with Gasteiger partial charge in [-0.05, 0) is 42.5 Å². The zero-order chi connectivity index (χ0) is 19.4. The lowest BCUT2D eigenvalue weighted by atomic mass is 10.1. The van der Waals surface area contributed by atoms with Gasteiger partial charge in [-0.3, -0.25) is 4.79 Å². The Balaban J connectivity index is 1.86. The number of H-pyrrole nitrogens is 1. The molecule has 138 valence electrons. The number of anilines is 2. The average Bonchev–Trinajstić information content (AvgIpc) is 2.68. The number of ether oxygens (including phenoxy) is 1. The van der Waals surface area contributed by atoms with Gasteiger partial charge in [-0.2, -0.15) is 4.98 Å². The van der Waals surface area contributed by atoms with E-state index >= 15 is 0 Å². The highest BCUT2D eigenvalue weighted by molar-refractivity contribution is 6.03. The lowest BCUT2D eigenvalue weighted by molar-refractivity contribution is 0.102. The number of hydrogen-bond donors (Lipinski definition) is 2. The molecule has 3 aromatic rings. The topological polar surface area (TPSA) is 87.3 Å². The van der Waals surface area contributed by atoms with Crippen LogP contribution in [0.4, 0.5) is 11.4 Å². The fraction of sp³-hybridized carbons (Fsp3) is 0.150. The molecule has 7 nitrogen and oxygen atoms in total. The summed E-state index contributed by atoms with van der Waals surface area (Å²) in [7, 11) is 5.44. The molecule has 0 aliphatic heterocycles. The quantitative estimate of drug-likeness (QED) is 0.727. The second kappa shape index (κ2) is 7.74. The molecule has 0 saturated heterocycles. The van der Waals surface area contributed by atoms with Crippen molar-refractivity contribution >= 4 is 17.3 Å². The molecule has 1 heterocycles. The van der Waals surface area contributed by atoms with Crippen molar-refractivity contribution in [2.75, 3.05) is 31.4 Å². The number of aromatic amines is 1. The molecule has 0 saturated carbocycles. The van der Waals surface area contributed by atoms with Crippen molar-refractivity contribution in [3.8, 4) is 17.0 Å². The number of aromatic nitrogens is 2. The SMILES string of the molecule is COc1cccc(-c2cc(C(=O)Nc3ccc(N(C)C)cc3)[nH]c(=O)n2)c1. The lowest BCUT2D eigenvalue weighted by Gasteiger charge is -2.13. The number of benzene rings is 2. The monoisotopic (exact) mass is 364 g/mol. The minimum Gasteiger partial charge on any atom is -0.497 e. The molecule has 0 atom stereocenters. The summed E-state index contributed by atoms with van der Waals surface area (Å²) >= 11 is 0. The third-order valence-electron chi connectivity index (χ3n) is 4.00. The molecule has 2 aromatic carbocycles. The summed E-state index contributed by atoms with van der Waals surface area (Å²) in [5, 5.41) is 2.77. The van der Waals surface area contributed by atoms with Gasteiger partial charge in [-0.15, -0.1) is 0 Å². The van der Waals surface area contributed by atoms with E-state index in [-0.39, 0.29) is 5.69 Å². The van der Waals surface area contributed by atoms with Crippen LogP contribution in [0, 0.1) is 0 Å². The van der Waals surface area contributed by atoms with Gasteiger partial charge in [-0.25, -0.2) is 4.79 Å². The second-order valence-corrected chi connectivity index (χ2v) is 6.11. The number of nitrogens with zero attached hydrogens (tertiary/aromatic N) is 2. The number of carbonyl (C=O) groups excluding carboxylic acids is 1. The van der Waals surface area contributed by atoms with Crippen LogP contribution in [0.25, 0.3) is 11.3 Å². The largest absolute Gasteiger partial charge is 0.497 e. The van der Waals surface area contributed by atoms with Gasteiger partial charge in [0.2, 0.25) is 0 Å². The van der Waals surface area contributed by atoms with Crippen molar-refractivity contribution in [3.63, 3.8) is 0 Å². The Morgan fingerprint density at radius 2 is 1.85 bits per heavy atom. The molecular weight excluding hydrogens is 344 g/mol. The van der Waals surface area contributed by atoms with Gasteiger partial charge in [-0.1, -0.05) is 12.1 Å². The Bertz CT molecular complexity index is 1010. The van der Waals surface area contributed by atoms with Crippen molar-refractivity contribution < 1.29 is 9.53 Å². The zero-order valence-electron chi connectivity index (χ0n) is 15.3. The Hall–Kier alpha value is -3.61. The van der Waals surface area contributed by atoms with Crippen molar-refractivity contribution in [1.29, 1.82) is 0 Å². The zero-order valence-corrected chi connectivity index (χ0v) is 15.3. The number of rotatable bonds is 5. The van der Waals surface area contributed by atoms with Crippen molar-refractivity contribution in [2.45, 2.75) is 0 Å². The van der Waals surface area contributed by atoms with Crippen molar-refractivity contribution in [2.24, 2.45) is 0 Å². The van der Waals surface area contributed by atoms with E-state index in [0.717, 1.165) is 5.69 Å². The van der Waals surface area contributed by atoms with Crippen LogP contribution in [0.3, 0.4) is 0 Å². The standard InChI is InChI=1S/C20H20N4O3/c1-24(2)15-9-7-14(8-10-15)21-19(25)18-12-17(22-20(26)23-18)13-5-4-6-16(11-13)27-3/h4-12H,1-3H3,(H,21,25)(H,22,23,26). The highest BCUT2D eigenvalue weighted by atomic mass is 16.5. The van der Waals surface area contributed by atoms with Gasteiger partial charge >= 0.3 is 5.69 Å². The van der Waals surface area contributed by atoms with Gasteiger partial charge in [0.1, 0.15) is 11.4 Å².